The Morgan fingerprint density at radius 1 is 1.00 bits per heavy atom. The van der Waals surface area contributed by atoms with Crippen LogP contribution < -0.4 is 11.0 Å². The van der Waals surface area contributed by atoms with Gasteiger partial charge in [-0.15, -0.1) is 0 Å². The van der Waals surface area contributed by atoms with Crippen molar-refractivity contribution in [1.82, 2.24) is 25.0 Å². The molecule has 1 aliphatic heterocycles. The lowest BCUT2D eigenvalue weighted by Gasteiger charge is -2.32. The SMILES string of the molecule is CC(=O)NC(C)c1cccc(CN2CCC(Cc3ccc(-n4c(-c5cc(C(C)C)c(O)cc5O)n[nH]c4=O)cc3)CC2)c1. The van der Waals surface area contributed by atoms with Crippen molar-refractivity contribution in [1.29, 1.82) is 0 Å². The number of carbonyl (C=O) groups is 1. The van der Waals surface area contributed by atoms with Crippen LogP contribution in [0.1, 0.15) is 74.8 Å². The number of benzene rings is 3. The summed E-state index contributed by atoms with van der Waals surface area (Å²) in [4.78, 5) is 26.7. The van der Waals surface area contributed by atoms with Gasteiger partial charge < -0.3 is 15.5 Å². The lowest BCUT2D eigenvalue weighted by molar-refractivity contribution is -0.119. The van der Waals surface area contributed by atoms with Gasteiger partial charge in [0.05, 0.1) is 17.3 Å². The van der Waals surface area contributed by atoms with E-state index in [0.29, 0.717) is 28.6 Å². The van der Waals surface area contributed by atoms with Gasteiger partial charge in [0, 0.05) is 19.5 Å². The number of aromatic hydroxyl groups is 2. The minimum absolute atomic E-state index is 0.00834. The molecule has 9 nitrogen and oxygen atoms in total. The van der Waals surface area contributed by atoms with E-state index in [9.17, 15) is 19.8 Å². The number of hydrogen-bond acceptors (Lipinski definition) is 6. The van der Waals surface area contributed by atoms with Gasteiger partial charge in [0.15, 0.2) is 5.82 Å². The molecule has 4 N–H and O–H groups in total. The summed E-state index contributed by atoms with van der Waals surface area (Å²) in [7, 11) is 0. The van der Waals surface area contributed by atoms with Crippen molar-refractivity contribution in [2.24, 2.45) is 5.92 Å². The molecule has 0 spiro atoms. The predicted octanol–water partition coefficient (Wildman–Crippen LogP) is 5.41. The molecule has 0 saturated carbocycles. The fraction of sp³-hybridized carbons (Fsp3) is 0.382. The van der Waals surface area contributed by atoms with Crippen LogP contribution in [-0.4, -0.2) is 48.9 Å². The highest BCUT2D eigenvalue weighted by Crippen LogP contribution is 2.37. The molecule has 1 unspecified atom stereocenters. The quantitative estimate of drug-likeness (QED) is 0.209. The van der Waals surface area contributed by atoms with Crippen molar-refractivity contribution in [3.8, 4) is 28.6 Å². The Labute approximate surface area is 252 Å². The van der Waals surface area contributed by atoms with Gasteiger partial charge in [-0.25, -0.2) is 14.5 Å². The molecule has 43 heavy (non-hydrogen) atoms. The van der Waals surface area contributed by atoms with Crippen molar-refractivity contribution >= 4 is 5.91 Å². The van der Waals surface area contributed by atoms with E-state index in [4.69, 9.17) is 0 Å². The van der Waals surface area contributed by atoms with Gasteiger partial charge in [0.1, 0.15) is 11.5 Å². The molecular formula is C34H41N5O4. The molecule has 226 valence electrons. The van der Waals surface area contributed by atoms with Crippen LogP contribution in [0.5, 0.6) is 11.5 Å². The van der Waals surface area contributed by atoms with Crippen LogP contribution in [0.25, 0.3) is 17.1 Å². The number of phenols is 2. The Balaban J connectivity index is 1.22. The standard InChI is InChI=1S/C34H41N5O4/c1-21(2)29-18-30(32(42)19-31(29)41)33-36-37-34(43)39(33)28-10-8-24(9-11-28)16-25-12-14-38(15-13-25)20-26-6-5-7-27(17-26)22(3)35-23(4)40/h5-11,17-19,21-22,25,41-42H,12-16,20H2,1-4H3,(H,35,40)(H,37,43). The molecule has 1 amide bonds. The Bertz CT molecular complexity index is 1630. The topological polar surface area (TPSA) is 123 Å². The largest absolute Gasteiger partial charge is 0.508 e. The van der Waals surface area contributed by atoms with Crippen LogP contribution in [0, 0.1) is 5.92 Å². The average Bonchev–Trinajstić information content (AvgIpc) is 3.35. The van der Waals surface area contributed by atoms with E-state index in [-0.39, 0.29) is 29.4 Å². The van der Waals surface area contributed by atoms with Crippen molar-refractivity contribution in [3.63, 3.8) is 0 Å². The number of amides is 1. The van der Waals surface area contributed by atoms with Crippen molar-refractivity contribution < 1.29 is 15.0 Å². The molecule has 1 aliphatic rings. The molecule has 0 bridgehead atoms. The number of H-pyrrole nitrogens is 1. The van der Waals surface area contributed by atoms with Gasteiger partial charge in [-0.2, -0.15) is 5.10 Å². The summed E-state index contributed by atoms with van der Waals surface area (Å²) < 4.78 is 1.45. The zero-order valence-electron chi connectivity index (χ0n) is 25.3. The Hall–Kier alpha value is -4.37. The zero-order chi connectivity index (χ0) is 30.7. The molecular weight excluding hydrogens is 542 g/mol. The molecule has 1 saturated heterocycles. The summed E-state index contributed by atoms with van der Waals surface area (Å²) in [6.07, 6.45) is 3.21. The summed E-state index contributed by atoms with van der Waals surface area (Å²) >= 11 is 0. The Kier molecular flexibility index (Phi) is 9.01. The zero-order valence-corrected chi connectivity index (χ0v) is 25.3. The van der Waals surface area contributed by atoms with E-state index >= 15 is 0 Å². The third kappa shape index (κ3) is 7.00. The summed E-state index contributed by atoms with van der Waals surface area (Å²) in [5, 5.41) is 30.5. The van der Waals surface area contributed by atoms with E-state index in [1.54, 1.807) is 13.0 Å². The third-order valence-electron chi connectivity index (χ3n) is 8.38. The van der Waals surface area contributed by atoms with E-state index in [0.717, 1.165) is 44.5 Å². The molecule has 3 aromatic carbocycles. The fourth-order valence-corrected chi connectivity index (χ4v) is 6.02. The fourth-order valence-electron chi connectivity index (χ4n) is 6.02. The number of aromatic nitrogens is 3. The number of aromatic amines is 1. The molecule has 2 heterocycles. The number of carbonyl (C=O) groups excluding carboxylic acids is 1. The maximum atomic E-state index is 12.8. The molecule has 1 aromatic heterocycles. The predicted molar refractivity (Wildman–Crippen MR) is 167 cm³/mol. The highest BCUT2D eigenvalue weighted by molar-refractivity contribution is 5.73. The van der Waals surface area contributed by atoms with Crippen molar-refractivity contribution in [3.05, 3.63) is 93.4 Å². The number of nitrogens with one attached hydrogen (secondary N) is 2. The number of nitrogens with zero attached hydrogens (tertiary/aromatic N) is 3. The van der Waals surface area contributed by atoms with Gasteiger partial charge in [0.2, 0.25) is 5.91 Å². The van der Waals surface area contributed by atoms with Crippen LogP contribution in [0.4, 0.5) is 0 Å². The number of hydrogen-bond donors (Lipinski definition) is 4. The third-order valence-corrected chi connectivity index (χ3v) is 8.38. The molecule has 0 radical (unpaired) electrons. The average molecular weight is 584 g/mol. The molecule has 5 rings (SSSR count). The minimum Gasteiger partial charge on any atom is -0.508 e. The Morgan fingerprint density at radius 2 is 1.72 bits per heavy atom. The number of piperidine rings is 1. The summed E-state index contributed by atoms with van der Waals surface area (Å²) in [6.45, 7) is 10.4. The second kappa shape index (κ2) is 12.9. The van der Waals surface area contributed by atoms with Crippen LogP contribution in [0.3, 0.4) is 0 Å². The molecule has 0 aliphatic carbocycles. The second-order valence-electron chi connectivity index (χ2n) is 12.0. The van der Waals surface area contributed by atoms with Crippen LogP contribution in [-0.2, 0) is 17.8 Å². The number of rotatable bonds is 9. The van der Waals surface area contributed by atoms with Gasteiger partial charge >= 0.3 is 5.69 Å². The normalized spacial score (nSPS) is 15.1. The molecule has 1 fully saturated rings. The number of likely N-dealkylation sites (tertiary alicyclic amines) is 1. The molecule has 4 aromatic rings. The monoisotopic (exact) mass is 583 g/mol. The van der Waals surface area contributed by atoms with Crippen molar-refractivity contribution in [2.45, 2.75) is 65.5 Å². The van der Waals surface area contributed by atoms with E-state index < -0.39 is 5.69 Å². The van der Waals surface area contributed by atoms with E-state index in [1.807, 2.05) is 32.9 Å². The van der Waals surface area contributed by atoms with Crippen molar-refractivity contribution in [2.75, 3.05) is 13.1 Å². The van der Waals surface area contributed by atoms with Gasteiger partial charge in [-0.05, 0) is 91.6 Å². The van der Waals surface area contributed by atoms with Gasteiger partial charge in [-0.3, -0.25) is 9.69 Å². The summed E-state index contributed by atoms with van der Waals surface area (Å²) in [5.74, 6) is 0.754. The van der Waals surface area contributed by atoms with Gasteiger partial charge in [0.25, 0.3) is 0 Å². The lowest BCUT2D eigenvalue weighted by Crippen LogP contribution is -2.34. The molecule has 9 heteroatoms. The summed E-state index contributed by atoms with van der Waals surface area (Å²) in [5.41, 5.74) is 4.90. The lowest BCUT2D eigenvalue weighted by atomic mass is 9.90. The second-order valence-corrected chi connectivity index (χ2v) is 12.0. The van der Waals surface area contributed by atoms with Crippen LogP contribution in [0.2, 0.25) is 0 Å². The first-order valence-electron chi connectivity index (χ1n) is 15.0. The first-order chi connectivity index (χ1) is 20.6. The first kappa shape index (κ1) is 30.1. The maximum absolute atomic E-state index is 12.8. The van der Waals surface area contributed by atoms with Crippen LogP contribution in [0.15, 0.2) is 65.5 Å². The highest BCUT2D eigenvalue weighted by Gasteiger charge is 2.22. The van der Waals surface area contributed by atoms with Gasteiger partial charge in [-0.1, -0.05) is 50.2 Å². The first-order valence-corrected chi connectivity index (χ1v) is 15.0. The van der Waals surface area contributed by atoms with E-state index in [1.165, 1.54) is 21.8 Å². The Morgan fingerprint density at radius 3 is 2.40 bits per heavy atom. The van der Waals surface area contributed by atoms with E-state index in [2.05, 4.69) is 56.8 Å². The molecule has 1 atom stereocenters. The minimum atomic E-state index is -0.399. The summed E-state index contributed by atoms with van der Waals surface area (Å²) in [6, 6.07) is 19.4. The smallest absolute Gasteiger partial charge is 0.348 e. The maximum Gasteiger partial charge on any atom is 0.348 e. The highest BCUT2D eigenvalue weighted by atomic mass is 16.3. The van der Waals surface area contributed by atoms with Crippen LogP contribution >= 0.6 is 0 Å². The number of phenolic OH excluding ortho intramolecular Hbond substituents is 2.